The molecule has 0 N–H and O–H groups in total. The molecule has 2 aromatic rings. The number of nitrogens with zero attached hydrogens (tertiary/aromatic N) is 1. The molecule has 0 unspecified atom stereocenters. The van der Waals surface area contributed by atoms with Crippen LogP contribution in [-0.4, -0.2) is 10.8 Å². The number of pyridine rings is 1. The molecule has 0 aliphatic carbocycles. The lowest BCUT2D eigenvalue weighted by molar-refractivity contribution is 0.101. The molecule has 0 bridgehead atoms. The van der Waals surface area contributed by atoms with Crippen molar-refractivity contribution < 1.29 is 13.6 Å². The Labute approximate surface area is 96.9 Å². The summed E-state index contributed by atoms with van der Waals surface area (Å²) >= 11 is 0. The second-order valence-electron chi connectivity index (χ2n) is 3.59. The smallest absolute Gasteiger partial charge is 0.160 e. The van der Waals surface area contributed by atoms with E-state index < -0.39 is 11.6 Å². The molecular weight excluding hydrogens is 224 g/mol. The molecule has 0 atom stereocenters. The zero-order valence-corrected chi connectivity index (χ0v) is 9.08. The summed E-state index contributed by atoms with van der Waals surface area (Å²) in [5.41, 5.74) is 0.722. The predicted molar refractivity (Wildman–Crippen MR) is 59.6 cm³/mol. The van der Waals surface area contributed by atoms with Gasteiger partial charge in [0.1, 0.15) is 11.5 Å². The third-order valence-electron chi connectivity index (χ3n) is 2.37. The number of carbonyl (C=O) groups excluding carboxylic acids is 1. The quantitative estimate of drug-likeness (QED) is 0.745. The van der Waals surface area contributed by atoms with Gasteiger partial charge in [0.2, 0.25) is 0 Å². The normalized spacial score (nSPS) is 10.3. The molecule has 0 fully saturated rings. The van der Waals surface area contributed by atoms with Gasteiger partial charge in [-0.15, -0.1) is 0 Å². The first-order valence-electron chi connectivity index (χ1n) is 5.01. The summed E-state index contributed by atoms with van der Waals surface area (Å²) in [5.74, 6) is -1.71. The maximum absolute atomic E-state index is 13.6. The topological polar surface area (TPSA) is 30.0 Å². The maximum atomic E-state index is 13.6. The highest BCUT2D eigenvalue weighted by atomic mass is 19.1. The summed E-state index contributed by atoms with van der Waals surface area (Å²) in [7, 11) is 0. The van der Waals surface area contributed by atoms with Crippen LogP contribution in [0.4, 0.5) is 8.78 Å². The highest BCUT2D eigenvalue weighted by Crippen LogP contribution is 2.24. The van der Waals surface area contributed by atoms with E-state index in [1.165, 1.54) is 6.92 Å². The minimum atomic E-state index is -0.779. The molecule has 0 saturated carbocycles. The molecule has 0 aliphatic heterocycles. The first-order valence-corrected chi connectivity index (χ1v) is 5.01. The van der Waals surface area contributed by atoms with Gasteiger partial charge in [-0.3, -0.25) is 9.78 Å². The van der Waals surface area contributed by atoms with E-state index in [0.29, 0.717) is 11.1 Å². The SMILES string of the molecule is CC(=O)c1ccccc1-c1ncc(F)cc1F. The van der Waals surface area contributed by atoms with E-state index in [1.807, 2.05) is 0 Å². The van der Waals surface area contributed by atoms with Crippen molar-refractivity contribution in [3.05, 3.63) is 53.7 Å². The fourth-order valence-corrected chi connectivity index (χ4v) is 1.61. The molecule has 2 nitrogen and oxygen atoms in total. The van der Waals surface area contributed by atoms with Crippen LogP contribution in [0.15, 0.2) is 36.5 Å². The van der Waals surface area contributed by atoms with Crippen molar-refractivity contribution in [1.82, 2.24) is 4.98 Å². The Morgan fingerprint density at radius 2 is 1.94 bits per heavy atom. The standard InChI is InChI=1S/C13H9F2NO/c1-8(17)10-4-2-3-5-11(10)13-12(15)6-9(14)7-16-13/h2-7H,1H3. The van der Waals surface area contributed by atoms with Crippen molar-refractivity contribution in [2.75, 3.05) is 0 Å². The minimum absolute atomic E-state index is 0.0165. The third kappa shape index (κ3) is 2.20. The number of carbonyl (C=O) groups is 1. The maximum Gasteiger partial charge on any atom is 0.160 e. The van der Waals surface area contributed by atoms with Crippen molar-refractivity contribution >= 4 is 5.78 Å². The average Bonchev–Trinajstić information content (AvgIpc) is 2.29. The number of rotatable bonds is 2. The molecule has 17 heavy (non-hydrogen) atoms. The van der Waals surface area contributed by atoms with E-state index >= 15 is 0 Å². The lowest BCUT2D eigenvalue weighted by atomic mass is 10.0. The van der Waals surface area contributed by atoms with E-state index in [1.54, 1.807) is 24.3 Å². The predicted octanol–water partition coefficient (Wildman–Crippen LogP) is 3.23. The Kier molecular flexibility index (Phi) is 2.95. The van der Waals surface area contributed by atoms with Crippen LogP contribution in [0.2, 0.25) is 0 Å². The summed E-state index contributed by atoms with van der Waals surface area (Å²) < 4.78 is 26.3. The molecule has 0 aliphatic rings. The lowest BCUT2D eigenvalue weighted by Crippen LogP contribution is -1.99. The Morgan fingerprint density at radius 1 is 1.24 bits per heavy atom. The molecule has 0 amide bonds. The Morgan fingerprint density at radius 3 is 2.59 bits per heavy atom. The molecule has 0 spiro atoms. The van der Waals surface area contributed by atoms with E-state index in [4.69, 9.17) is 0 Å². The van der Waals surface area contributed by atoms with Crippen LogP contribution in [0.3, 0.4) is 0 Å². The van der Waals surface area contributed by atoms with Gasteiger partial charge in [0.05, 0.1) is 6.20 Å². The van der Waals surface area contributed by atoms with Gasteiger partial charge < -0.3 is 0 Å². The van der Waals surface area contributed by atoms with Gasteiger partial charge in [0, 0.05) is 17.2 Å². The first kappa shape index (κ1) is 11.4. The molecular formula is C13H9F2NO. The van der Waals surface area contributed by atoms with Gasteiger partial charge in [-0.25, -0.2) is 8.78 Å². The number of halogens is 2. The van der Waals surface area contributed by atoms with Crippen LogP contribution in [0.5, 0.6) is 0 Å². The molecule has 1 aromatic carbocycles. The minimum Gasteiger partial charge on any atom is -0.294 e. The molecule has 2 rings (SSSR count). The highest BCUT2D eigenvalue weighted by Gasteiger charge is 2.13. The van der Waals surface area contributed by atoms with E-state index in [-0.39, 0.29) is 11.5 Å². The molecule has 86 valence electrons. The van der Waals surface area contributed by atoms with Gasteiger partial charge in [-0.2, -0.15) is 0 Å². The van der Waals surface area contributed by atoms with Crippen LogP contribution >= 0.6 is 0 Å². The van der Waals surface area contributed by atoms with E-state index in [0.717, 1.165) is 12.3 Å². The lowest BCUT2D eigenvalue weighted by Gasteiger charge is -2.06. The van der Waals surface area contributed by atoms with E-state index in [9.17, 15) is 13.6 Å². The second-order valence-corrected chi connectivity index (χ2v) is 3.59. The zero-order chi connectivity index (χ0) is 12.4. The Hall–Kier alpha value is -2.10. The second kappa shape index (κ2) is 4.41. The van der Waals surface area contributed by atoms with Gasteiger partial charge in [-0.1, -0.05) is 24.3 Å². The molecule has 0 radical (unpaired) electrons. The Balaban J connectivity index is 2.64. The van der Waals surface area contributed by atoms with Crippen molar-refractivity contribution in [3.8, 4) is 11.3 Å². The highest BCUT2D eigenvalue weighted by molar-refractivity contribution is 6.00. The largest absolute Gasteiger partial charge is 0.294 e. The number of benzene rings is 1. The van der Waals surface area contributed by atoms with Crippen LogP contribution in [0, 0.1) is 11.6 Å². The zero-order valence-electron chi connectivity index (χ0n) is 9.08. The summed E-state index contributed by atoms with van der Waals surface area (Å²) in [5, 5.41) is 0. The van der Waals surface area contributed by atoms with Crippen molar-refractivity contribution in [3.63, 3.8) is 0 Å². The summed E-state index contributed by atoms with van der Waals surface area (Å²) in [6.45, 7) is 1.39. The van der Waals surface area contributed by atoms with Gasteiger partial charge in [0.15, 0.2) is 11.6 Å². The third-order valence-corrected chi connectivity index (χ3v) is 2.37. The van der Waals surface area contributed by atoms with E-state index in [2.05, 4.69) is 4.98 Å². The number of hydrogen-bond acceptors (Lipinski definition) is 2. The fraction of sp³-hybridized carbons (Fsp3) is 0.0769. The number of aromatic nitrogens is 1. The fourth-order valence-electron chi connectivity index (χ4n) is 1.61. The van der Waals surface area contributed by atoms with Crippen molar-refractivity contribution in [2.24, 2.45) is 0 Å². The van der Waals surface area contributed by atoms with Crippen molar-refractivity contribution in [2.45, 2.75) is 6.92 Å². The summed E-state index contributed by atoms with van der Waals surface area (Å²) in [6, 6.07) is 7.27. The molecule has 1 aromatic heterocycles. The average molecular weight is 233 g/mol. The number of hydrogen-bond donors (Lipinski definition) is 0. The van der Waals surface area contributed by atoms with Gasteiger partial charge in [-0.05, 0) is 6.92 Å². The number of Topliss-reactive ketones (excluding diaryl/α,β-unsaturated/α-hetero) is 1. The summed E-state index contributed by atoms with van der Waals surface area (Å²) in [6.07, 6.45) is 0.926. The van der Waals surface area contributed by atoms with Crippen molar-refractivity contribution in [1.29, 1.82) is 0 Å². The summed E-state index contributed by atoms with van der Waals surface area (Å²) in [4.78, 5) is 15.1. The van der Waals surface area contributed by atoms with Gasteiger partial charge in [0.25, 0.3) is 0 Å². The van der Waals surface area contributed by atoms with Gasteiger partial charge >= 0.3 is 0 Å². The Bertz CT molecular complexity index is 581. The molecule has 0 saturated heterocycles. The molecule has 4 heteroatoms. The van der Waals surface area contributed by atoms with Crippen LogP contribution < -0.4 is 0 Å². The first-order chi connectivity index (χ1) is 8.09. The monoisotopic (exact) mass is 233 g/mol. The van der Waals surface area contributed by atoms with Crippen LogP contribution in [0.1, 0.15) is 17.3 Å². The molecule has 1 heterocycles. The van der Waals surface area contributed by atoms with Crippen LogP contribution in [-0.2, 0) is 0 Å². The number of ketones is 1. The van der Waals surface area contributed by atoms with Crippen LogP contribution in [0.25, 0.3) is 11.3 Å².